The standard InChI is InChI=1S/C21H23N5/c1-5-15(4)26-20(14(2)3)23-19(24-26)11-10-17-13-25-12-16-8-6-7-9-18(16)21(25)22-17/h5-9,13H,2,10-12H2,1,3-4H3/b15-5-. The Balaban J connectivity index is 1.54. The van der Waals surface area contributed by atoms with Gasteiger partial charge in [0.05, 0.1) is 5.69 Å². The van der Waals surface area contributed by atoms with Crippen molar-refractivity contribution in [2.75, 3.05) is 0 Å². The molecule has 1 aliphatic rings. The number of hydrogen-bond donors (Lipinski definition) is 0. The van der Waals surface area contributed by atoms with Gasteiger partial charge < -0.3 is 4.57 Å². The molecule has 4 rings (SSSR count). The third-order valence-electron chi connectivity index (χ3n) is 4.81. The van der Waals surface area contributed by atoms with Gasteiger partial charge in [-0.1, -0.05) is 36.9 Å². The quantitative estimate of drug-likeness (QED) is 0.544. The van der Waals surface area contributed by atoms with Crippen molar-refractivity contribution >= 4 is 11.3 Å². The maximum absolute atomic E-state index is 4.83. The van der Waals surface area contributed by atoms with Crippen LogP contribution in [0, 0.1) is 0 Å². The van der Waals surface area contributed by atoms with Crippen LogP contribution in [0.2, 0.25) is 0 Å². The number of fused-ring (bicyclic) bond motifs is 3. The van der Waals surface area contributed by atoms with Gasteiger partial charge in [0.1, 0.15) is 5.82 Å². The van der Waals surface area contributed by atoms with Gasteiger partial charge in [0.2, 0.25) is 0 Å². The summed E-state index contributed by atoms with van der Waals surface area (Å²) in [6.07, 6.45) is 5.78. The van der Waals surface area contributed by atoms with Crippen molar-refractivity contribution < 1.29 is 0 Å². The summed E-state index contributed by atoms with van der Waals surface area (Å²) in [5.74, 6) is 2.73. The molecule has 2 aromatic heterocycles. The Hall–Kier alpha value is -2.95. The van der Waals surface area contributed by atoms with Gasteiger partial charge in [0.15, 0.2) is 11.6 Å². The van der Waals surface area contributed by atoms with Crippen LogP contribution in [0.15, 0.2) is 43.1 Å². The molecular weight excluding hydrogens is 322 g/mol. The predicted octanol–water partition coefficient (Wildman–Crippen LogP) is 4.20. The van der Waals surface area contributed by atoms with E-state index in [1.165, 1.54) is 11.1 Å². The molecule has 0 saturated carbocycles. The Labute approximate surface area is 153 Å². The molecule has 0 atom stereocenters. The molecule has 0 bridgehead atoms. The second kappa shape index (κ2) is 6.41. The average Bonchev–Trinajstić information content (AvgIpc) is 3.31. The van der Waals surface area contributed by atoms with Crippen molar-refractivity contribution in [2.45, 2.75) is 40.2 Å². The number of imidazole rings is 1. The summed E-state index contributed by atoms with van der Waals surface area (Å²) in [6.45, 7) is 10.9. The number of nitrogens with zero attached hydrogens (tertiary/aromatic N) is 5. The zero-order chi connectivity index (χ0) is 18.3. The van der Waals surface area contributed by atoms with Crippen molar-refractivity contribution in [3.05, 3.63) is 66.0 Å². The third-order valence-corrected chi connectivity index (χ3v) is 4.81. The molecule has 5 heteroatoms. The van der Waals surface area contributed by atoms with E-state index in [0.717, 1.165) is 53.8 Å². The molecule has 0 aliphatic carbocycles. The first-order valence-electron chi connectivity index (χ1n) is 8.96. The van der Waals surface area contributed by atoms with E-state index in [4.69, 9.17) is 4.98 Å². The molecule has 0 fully saturated rings. The molecule has 1 aliphatic heterocycles. The molecule has 0 radical (unpaired) electrons. The maximum atomic E-state index is 4.83. The van der Waals surface area contributed by atoms with E-state index in [-0.39, 0.29) is 0 Å². The molecule has 0 saturated heterocycles. The highest BCUT2D eigenvalue weighted by molar-refractivity contribution is 5.65. The fraction of sp³-hybridized carbons (Fsp3) is 0.286. The van der Waals surface area contributed by atoms with Crippen molar-refractivity contribution in [1.29, 1.82) is 0 Å². The maximum Gasteiger partial charge on any atom is 0.158 e. The third kappa shape index (κ3) is 2.79. The number of rotatable bonds is 5. The fourth-order valence-corrected chi connectivity index (χ4v) is 3.33. The van der Waals surface area contributed by atoms with Gasteiger partial charge in [0.25, 0.3) is 0 Å². The molecule has 3 aromatic rings. The second-order valence-electron chi connectivity index (χ2n) is 6.81. The average molecular weight is 345 g/mol. The lowest BCUT2D eigenvalue weighted by Gasteiger charge is -2.03. The van der Waals surface area contributed by atoms with Crippen LogP contribution in [-0.4, -0.2) is 24.3 Å². The normalized spacial score (nSPS) is 13.0. The molecule has 5 nitrogen and oxygen atoms in total. The lowest BCUT2D eigenvalue weighted by atomic mass is 10.1. The summed E-state index contributed by atoms with van der Waals surface area (Å²) in [4.78, 5) is 9.50. The first-order valence-corrected chi connectivity index (χ1v) is 8.96. The fourth-order valence-electron chi connectivity index (χ4n) is 3.33. The number of benzene rings is 1. The first kappa shape index (κ1) is 16.5. The van der Waals surface area contributed by atoms with Crippen LogP contribution in [0.5, 0.6) is 0 Å². The molecular formula is C21H23N5. The zero-order valence-corrected chi connectivity index (χ0v) is 15.5. The summed E-state index contributed by atoms with van der Waals surface area (Å²) < 4.78 is 4.11. The van der Waals surface area contributed by atoms with Gasteiger partial charge >= 0.3 is 0 Å². The molecule has 0 N–H and O–H groups in total. The van der Waals surface area contributed by atoms with Crippen molar-refractivity contribution in [3.63, 3.8) is 0 Å². The van der Waals surface area contributed by atoms with E-state index in [2.05, 4.69) is 51.7 Å². The molecule has 0 spiro atoms. The minimum absolute atomic E-state index is 0.766. The van der Waals surface area contributed by atoms with Crippen LogP contribution in [-0.2, 0) is 19.4 Å². The Morgan fingerprint density at radius 2 is 2.00 bits per heavy atom. The second-order valence-corrected chi connectivity index (χ2v) is 6.81. The Kier molecular flexibility index (Phi) is 4.07. The Morgan fingerprint density at radius 1 is 1.19 bits per heavy atom. The lowest BCUT2D eigenvalue weighted by molar-refractivity contribution is 0.802. The largest absolute Gasteiger partial charge is 0.326 e. The van der Waals surface area contributed by atoms with Crippen LogP contribution >= 0.6 is 0 Å². The Bertz CT molecular complexity index is 1020. The highest BCUT2D eigenvalue weighted by Crippen LogP contribution is 2.31. The lowest BCUT2D eigenvalue weighted by Crippen LogP contribution is -2.01. The molecule has 0 unspecified atom stereocenters. The SMILES string of the molecule is C=C(C)c1nc(CCc2cn3c(n2)-c2ccccc2C3)nn1/C(C)=C\C. The topological polar surface area (TPSA) is 48.5 Å². The summed E-state index contributed by atoms with van der Waals surface area (Å²) in [7, 11) is 0. The van der Waals surface area contributed by atoms with Crippen molar-refractivity contribution in [2.24, 2.45) is 0 Å². The van der Waals surface area contributed by atoms with Crippen molar-refractivity contribution in [1.82, 2.24) is 24.3 Å². The van der Waals surface area contributed by atoms with Gasteiger partial charge in [-0.2, -0.15) is 5.10 Å². The van der Waals surface area contributed by atoms with Crippen LogP contribution in [0.3, 0.4) is 0 Å². The summed E-state index contributed by atoms with van der Waals surface area (Å²) >= 11 is 0. The minimum atomic E-state index is 0.766. The van der Waals surface area contributed by atoms with Gasteiger partial charge in [0, 0.05) is 30.4 Å². The molecule has 132 valence electrons. The van der Waals surface area contributed by atoms with Crippen molar-refractivity contribution in [3.8, 4) is 11.4 Å². The first-order chi connectivity index (χ1) is 12.6. The number of allylic oxidation sites excluding steroid dienone is 3. The number of hydrogen-bond acceptors (Lipinski definition) is 3. The minimum Gasteiger partial charge on any atom is -0.326 e. The van der Waals surface area contributed by atoms with E-state index in [9.17, 15) is 0 Å². The molecule has 3 heterocycles. The van der Waals surface area contributed by atoms with E-state index < -0.39 is 0 Å². The summed E-state index contributed by atoms with van der Waals surface area (Å²) in [6, 6.07) is 8.47. The summed E-state index contributed by atoms with van der Waals surface area (Å²) in [5, 5.41) is 4.66. The van der Waals surface area contributed by atoms with Gasteiger partial charge in [-0.3, -0.25) is 0 Å². The van der Waals surface area contributed by atoms with Crippen LogP contribution in [0.1, 0.15) is 43.7 Å². The van der Waals surface area contributed by atoms with E-state index in [1.807, 2.05) is 31.5 Å². The predicted molar refractivity (Wildman–Crippen MR) is 105 cm³/mol. The van der Waals surface area contributed by atoms with E-state index in [0.29, 0.717) is 0 Å². The van der Waals surface area contributed by atoms with Crippen LogP contribution < -0.4 is 0 Å². The van der Waals surface area contributed by atoms with Gasteiger partial charge in [-0.15, -0.1) is 0 Å². The highest BCUT2D eigenvalue weighted by atomic mass is 15.4. The van der Waals surface area contributed by atoms with Gasteiger partial charge in [-0.25, -0.2) is 14.6 Å². The molecule has 0 amide bonds. The monoisotopic (exact) mass is 345 g/mol. The highest BCUT2D eigenvalue weighted by Gasteiger charge is 2.20. The summed E-state index contributed by atoms with van der Waals surface area (Å²) in [5.41, 5.74) is 5.65. The van der Waals surface area contributed by atoms with E-state index >= 15 is 0 Å². The zero-order valence-electron chi connectivity index (χ0n) is 15.5. The number of aromatic nitrogens is 5. The van der Waals surface area contributed by atoms with Gasteiger partial charge in [-0.05, 0) is 38.3 Å². The smallest absolute Gasteiger partial charge is 0.158 e. The Morgan fingerprint density at radius 3 is 2.77 bits per heavy atom. The number of aryl methyl sites for hydroxylation is 2. The van der Waals surface area contributed by atoms with Crippen LogP contribution in [0.25, 0.3) is 22.7 Å². The molecule has 1 aromatic carbocycles. The van der Waals surface area contributed by atoms with Crippen LogP contribution in [0.4, 0.5) is 0 Å². The van der Waals surface area contributed by atoms with E-state index in [1.54, 1.807) is 0 Å². The molecule has 26 heavy (non-hydrogen) atoms.